The summed E-state index contributed by atoms with van der Waals surface area (Å²) in [6, 6.07) is 0.412. The molecule has 1 saturated heterocycles. The topological polar surface area (TPSA) is 43.8 Å². The van der Waals surface area contributed by atoms with Crippen LogP contribution in [0.1, 0.15) is 12.8 Å². The Morgan fingerprint density at radius 1 is 1.69 bits per heavy atom. The summed E-state index contributed by atoms with van der Waals surface area (Å²) in [5.41, 5.74) is 0. The Kier molecular flexibility index (Phi) is 3.69. The predicted octanol–water partition coefficient (Wildman–Crippen LogP) is 0.0970. The van der Waals surface area contributed by atoms with Crippen molar-refractivity contribution >= 4 is 5.97 Å². The molecule has 1 aliphatic heterocycles. The van der Waals surface area contributed by atoms with E-state index in [1.807, 2.05) is 11.9 Å². The molecule has 1 rings (SSSR count). The van der Waals surface area contributed by atoms with E-state index in [1.54, 1.807) is 0 Å². The second-order valence-electron chi connectivity index (χ2n) is 3.87. The van der Waals surface area contributed by atoms with E-state index in [-0.39, 0.29) is 6.54 Å². The van der Waals surface area contributed by atoms with Crippen LogP contribution < -0.4 is 0 Å². The lowest BCUT2D eigenvalue weighted by molar-refractivity contribution is -0.138. The second kappa shape index (κ2) is 4.58. The fourth-order valence-electron chi connectivity index (χ4n) is 1.84. The predicted molar refractivity (Wildman–Crippen MR) is 50.8 cm³/mol. The summed E-state index contributed by atoms with van der Waals surface area (Å²) < 4.78 is 0. The number of piperidine rings is 1. The van der Waals surface area contributed by atoms with Gasteiger partial charge in [-0.2, -0.15) is 0 Å². The van der Waals surface area contributed by atoms with Gasteiger partial charge in [-0.1, -0.05) is 0 Å². The van der Waals surface area contributed by atoms with Crippen molar-refractivity contribution in [1.82, 2.24) is 9.80 Å². The first-order chi connectivity index (χ1) is 6.09. The van der Waals surface area contributed by atoms with E-state index in [9.17, 15) is 4.79 Å². The first-order valence-corrected chi connectivity index (χ1v) is 4.70. The summed E-state index contributed by atoms with van der Waals surface area (Å²) >= 11 is 0. The highest BCUT2D eigenvalue weighted by Gasteiger charge is 2.21. The Labute approximate surface area is 79.1 Å². The van der Waals surface area contributed by atoms with Crippen LogP contribution in [0.15, 0.2) is 0 Å². The highest BCUT2D eigenvalue weighted by Crippen LogP contribution is 2.12. The summed E-state index contributed by atoms with van der Waals surface area (Å²) in [6.45, 7) is 2.28. The van der Waals surface area contributed by atoms with Gasteiger partial charge in [-0.25, -0.2) is 0 Å². The molecule has 0 aliphatic carbocycles. The molecule has 0 saturated carbocycles. The smallest absolute Gasteiger partial charge is 0.317 e. The fraction of sp³-hybridized carbons (Fsp3) is 0.889. The number of hydrogen-bond donors (Lipinski definition) is 1. The van der Waals surface area contributed by atoms with E-state index >= 15 is 0 Å². The molecular weight excluding hydrogens is 168 g/mol. The number of likely N-dealkylation sites (N-methyl/N-ethyl adjacent to an activating group) is 2. The molecule has 4 nitrogen and oxygen atoms in total. The molecule has 1 fully saturated rings. The minimum absolute atomic E-state index is 0.151. The number of nitrogens with zero attached hydrogens (tertiary/aromatic N) is 2. The minimum Gasteiger partial charge on any atom is -0.480 e. The third-order valence-corrected chi connectivity index (χ3v) is 2.61. The molecular formula is C9H18N2O2. The second-order valence-corrected chi connectivity index (χ2v) is 3.87. The van der Waals surface area contributed by atoms with E-state index in [1.165, 1.54) is 6.42 Å². The van der Waals surface area contributed by atoms with Gasteiger partial charge in [0.1, 0.15) is 0 Å². The molecule has 0 aromatic carbocycles. The Balaban J connectivity index is 2.36. The van der Waals surface area contributed by atoms with E-state index < -0.39 is 5.97 Å². The first-order valence-electron chi connectivity index (χ1n) is 4.70. The van der Waals surface area contributed by atoms with Crippen molar-refractivity contribution in [3.8, 4) is 0 Å². The number of hydrogen-bond acceptors (Lipinski definition) is 3. The van der Waals surface area contributed by atoms with Gasteiger partial charge in [0.05, 0.1) is 6.54 Å². The molecule has 0 unspecified atom stereocenters. The molecule has 1 N–H and O–H groups in total. The maximum Gasteiger partial charge on any atom is 0.317 e. The Morgan fingerprint density at radius 3 is 2.92 bits per heavy atom. The van der Waals surface area contributed by atoms with Crippen LogP contribution in [0.25, 0.3) is 0 Å². The van der Waals surface area contributed by atoms with Crippen LogP contribution in [0.4, 0.5) is 0 Å². The molecule has 0 radical (unpaired) electrons. The largest absolute Gasteiger partial charge is 0.480 e. The van der Waals surface area contributed by atoms with Gasteiger partial charge >= 0.3 is 5.97 Å². The average Bonchev–Trinajstić information content (AvgIpc) is 2.03. The molecule has 13 heavy (non-hydrogen) atoms. The van der Waals surface area contributed by atoms with E-state index in [0.29, 0.717) is 6.04 Å². The van der Waals surface area contributed by atoms with Crippen LogP contribution in [0.3, 0.4) is 0 Å². The summed E-state index contributed by atoms with van der Waals surface area (Å²) in [4.78, 5) is 14.7. The van der Waals surface area contributed by atoms with Crippen LogP contribution in [0.2, 0.25) is 0 Å². The molecule has 1 atom stereocenters. The average molecular weight is 186 g/mol. The van der Waals surface area contributed by atoms with Crippen molar-refractivity contribution in [3.05, 3.63) is 0 Å². The number of aliphatic carboxylic acids is 1. The zero-order valence-electron chi connectivity index (χ0n) is 8.36. The summed E-state index contributed by atoms with van der Waals surface area (Å²) in [5.74, 6) is -0.740. The third-order valence-electron chi connectivity index (χ3n) is 2.61. The Morgan fingerprint density at radius 2 is 2.38 bits per heavy atom. The van der Waals surface area contributed by atoms with Crippen LogP contribution in [-0.2, 0) is 4.79 Å². The first kappa shape index (κ1) is 10.5. The quantitative estimate of drug-likeness (QED) is 0.679. The summed E-state index contributed by atoms with van der Waals surface area (Å²) in [5, 5.41) is 8.63. The standard InChI is InChI=1S/C9H18N2O2/c1-10-5-3-4-8(6-10)11(2)7-9(12)13/h8H,3-7H2,1-2H3,(H,12,13)/t8-/m1/s1. The summed E-state index contributed by atoms with van der Waals surface area (Å²) in [7, 11) is 3.97. The molecule has 4 heteroatoms. The molecule has 1 heterocycles. The minimum atomic E-state index is -0.740. The van der Waals surface area contributed by atoms with Gasteiger partial charge in [0.15, 0.2) is 0 Å². The number of carboxylic acids is 1. The maximum absolute atomic E-state index is 10.5. The van der Waals surface area contributed by atoms with Crippen molar-refractivity contribution in [2.45, 2.75) is 18.9 Å². The number of carboxylic acid groups (broad SMARTS) is 1. The van der Waals surface area contributed by atoms with Crippen molar-refractivity contribution in [1.29, 1.82) is 0 Å². The van der Waals surface area contributed by atoms with Crippen molar-refractivity contribution < 1.29 is 9.90 Å². The van der Waals surface area contributed by atoms with Gasteiger partial charge in [-0.3, -0.25) is 9.69 Å². The highest BCUT2D eigenvalue weighted by molar-refractivity contribution is 5.69. The van der Waals surface area contributed by atoms with Crippen LogP contribution in [-0.4, -0.2) is 60.6 Å². The lowest BCUT2D eigenvalue weighted by atomic mass is 10.1. The van der Waals surface area contributed by atoms with Crippen LogP contribution in [0.5, 0.6) is 0 Å². The van der Waals surface area contributed by atoms with Crippen molar-refractivity contribution in [2.24, 2.45) is 0 Å². The number of carbonyl (C=O) groups is 1. The van der Waals surface area contributed by atoms with E-state index in [4.69, 9.17) is 5.11 Å². The lowest BCUT2D eigenvalue weighted by Gasteiger charge is -2.35. The zero-order chi connectivity index (χ0) is 9.84. The van der Waals surface area contributed by atoms with Crippen LogP contribution >= 0.6 is 0 Å². The van der Waals surface area contributed by atoms with Gasteiger partial charge in [0, 0.05) is 12.6 Å². The van der Waals surface area contributed by atoms with Crippen molar-refractivity contribution in [2.75, 3.05) is 33.7 Å². The number of rotatable bonds is 3. The van der Waals surface area contributed by atoms with Gasteiger partial charge in [0.2, 0.25) is 0 Å². The molecule has 0 amide bonds. The molecule has 76 valence electrons. The van der Waals surface area contributed by atoms with E-state index in [0.717, 1.165) is 19.5 Å². The van der Waals surface area contributed by atoms with Crippen LogP contribution in [0, 0.1) is 0 Å². The van der Waals surface area contributed by atoms with Crippen molar-refractivity contribution in [3.63, 3.8) is 0 Å². The van der Waals surface area contributed by atoms with Gasteiger partial charge < -0.3 is 10.0 Å². The number of likely N-dealkylation sites (tertiary alicyclic amines) is 1. The van der Waals surface area contributed by atoms with E-state index in [2.05, 4.69) is 11.9 Å². The normalized spacial score (nSPS) is 25.0. The molecule has 1 aliphatic rings. The monoisotopic (exact) mass is 186 g/mol. The molecule has 0 spiro atoms. The van der Waals surface area contributed by atoms with Gasteiger partial charge in [-0.05, 0) is 33.5 Å². The SMILES string of the molecule is CN1CCC[C@@H](N(C)CC(=O)O)C1. The Bertz CT molecular complexity index is 184. The van der Waals surface area contributed by atoms with Gasteiger partial charge in [0.25, 0.3) is 0 Å². The third kappa shape index (κ3) is 3.32. The highest BCUT2D eigenvalue weighted by atomic mass is 16.4. The Hall–Kier alpha value is -0.610. The zero-order valence-corrected chi connectivity index (χ0v) is 8.36. The van der Waals surface area contributed by atoms with Gasteiger partial charge in [-0.15, -0.1) is 0 Å². The molecule has 0 aromatic rings. The maximum atomic E-state index is 10.5. The fourth-order valence-corrected chi connectivity index (χ4v) is 1.84. The molecule has 0 aromatic heterocycles. The summed E-state index contributed by atoms with van der Waals surface area (Å²) in [6.07, 6.45) is 2.29. The molecule has 0 bridgehead atoms. The lowest BCUT2D eigenvalue weighted by Crippen LogP contribution is -2.46.